The number of hydrogen-bond acceptors (Lipinski definition) is 2. The largest absolute Gasteiger partial charge is 0.408 e. The lowest BCUT2D eigenvalue weighted by Gasteiger charge is -2.16. The van der Waals surface area contributed by atoms with Crippen LogP contribution in [0.3, 0.4) is 0 Å². The van der Waals surface area contributed by atoms with Gasteiger partial charge in [-0.3, -0.25) is 4.68 Å². The molecule has 0 saturated heterocycles. The van der Waals surface area contributed by atoms with Crippen LogP contribution in [0.25, 0.3) is 0 Å². The van der Waals surface area contributed by atoms with E-state index in [1.165, 1.54) is 6.20 Å². The highest BCUT2D eigenvalue weighted by atomic mass is 19.4. The third-order valence-corrected chi connectivity index (χ3v) is 2.91. The maximum absolute atomic E-state index is 12.3. The number of aromatic nitrogens is 2. The first kappa shape index (κ1) is 14.4. The number of benzene rings is 1. The molecule has 0 amide bonds. The van der Waals surface area contributed by atoms with Crippen LogP contribution < -0.4 is 5.32 Å². The van der Waals surface area contributed by atoms with Gasteiger partial charge in [0.1, 0.15) is 12.4 Å². The van der Waals surface area contributed by atoms with E-state index in [2.05, 4.69) is 10.4 Å². The summed E-state index contributed by atoms with van der Waals surface area (Å²) in [6.45, 7) is 0.939. The molecule has 0 aliphatic carbocycles. The van der Waals surface area contributed by atoms with Gasteiger partial charge in [-0.05, 0) is 12.0 Å². The zero-order chi connectivity index (χ0) is 14.6. The molecule has 0 aliphatic heterocycles. The van der Waals surface area contributed by atoms with Gasteiger partial charge in [-0.25, -0.2) is 0 Å². The summed E-state index contributed by atoms with van der Waals surface area (Å²) in [5.74, 6) is 0.449. The molecule has 0 fully saturated rings. The second kappa shape index (κ2) is 5.98. The molecule has 6 heteroatoms. The summed E-state index contributed by atoms with van der Waals surface area (Å²) < 4.78 is 37.7. The molecule has 1 aromatic heterocycles. The first-order valence-electron chi connectivity index (χ1n) is 6.39. The van der Waals surface area contributed by atoms with E-state index in [-0.39, 0.29) is 6.04 Å². The SMILES string of the molecule is CCC(Nc1ccn(CC(F)(F)F)n1)c1ccccc1. The van der Waals surface area contributed by atoms with Crippen molar-refractivity contribution >= 4 is 5.82 Å². The van der Waals surface area contributed by atoms with Gasteiger partial charge in [-0.1, -0.05) is 37.3 Å². The van der Waals surface area contributed by atoms with Gasteiger partial charge in [0, 0.05) is 12.3 Å². The van der Waals surface area contributed by atoms with Crippen molar-refractivity contribution in [3.05, 3.63) is 48.2 Å². The van der Waals surface area contributed by atoms with E-state index in [4.69, 9.17) is 0 Å². The van der Waals surface area contributed by atoms with Gasteiger partial charge in [-0.2, -0.15) is 18.3 Å². The van der Waals surface area contributed by atoms with Crippen LogP contribution in [0.5, 0.6) is 0 Å². The van der Waals surface area contributed by atoms with Crippen LogP contribution in [0.1, 0.15) is 24.9 Å². The van der Waals surface area contributed by atoms with E-state index >= 15 is 0 Å². The van der Waals surface area contributed by atoms with Crippen LogP contribution in [0.15, 0.2) is 42.6 Å². The second-order valence-electron chi connectivity index (χ2n) is 4.53. The molecule has 1 heterocycles. The molecule has 0 spiro atoms. The highest BCUT2D eigenvalue weighted by Crippen LogP contribution is 2.22. The summed E-state index contributed by atoms with van der Waals surface area (Å²) in [7, 11) is 0. The molecule has 1 atom stereocenters. The average Bonchev–Trinajstić information content (AvgIpc) is 2.82. The molecule has 0 aliphatic rings. The van der Waals surface area contributed by atoms with Crippen molar-refractivity contribution in [1.82, 2.24) is 9.78 Å². The Hall–Kier alpha value is -1.98. The molecule has 2 aromatic rings. The first-order valence-corrected chi connectivity index (χ1v) is 6.39. The third kappa shape index (κ3) is 4.01. The highest BCUT2D eigenvalue weighted by molar-refractivity contribution is 5.37. The maximum Gasteiger partial charge on any atom is 0.408 e. The zero-order valence-corrected chi connectivity index (χ0v) is 11.1. The lowest BCUT2D eigenvalue weighted by molar-refractivity contribution is -0.142. The van der Waals surface area contributed by atoms with Gasteiger partial charge in [0.05, 0.1) is 6.04 Å². The number of alkyl halides is 3. The Kier molecular flexibility index (Phi) is 4.32. The standard InChI is InChI=1S/C14H16F3N3/c1-2-12(11-6-4-3-5-7-11)18-13-8-9-20(19-13)10-14(15,16)17/h3-9,12H,2,10H2,1H3,(H,18,19). The van der Waals surface area contributed by atoms with Gasteiger partial charge in [0.15, 0.2) is 0 Å². The number of nitrogens with one attached hydrogen (secondary N) is 1. The summed E-state index contributed by atoms with van der Waals surface area (Å²) in [6.07, 6.45) is -2.11. The number of hydrogen-bond donors (Lipinski definition) is 1. The minimum Gasteiger partial charge on any atom is -0.362 e. The van der Waals surface area contributed by atoms with Crippen LogP contribution in [0.4, 0.5) is 19.0 Å². The molecule has 0 bridgehead atoms. The second-order valence-corrected chi connectivity index (χ2v) is 4.53. The summed E-state index contributed by atoms with van der Waals surface area (Å²) in [6, 6.07) is 11.3. The smallest absolute Gasteiger partial charge is 0.362 e. The monoisotopic (exact) mass is 283 g/mol. The maximum atomic E-state index is 12.3. The fraction of sp³-hybridized carbons (Fsp3) is 0.357. The molecule has 20 heavy (non-hydrogen) atoms. The Morgan fingerprint density at radius 2 is 1.90 bits per heavy atom. The van der Waals surface area contributed by atoms with Gasteiger partial charge in [-0.15, -0.1) is 0 Å². The number of nitrogens with zero attached hydrogens (tertiary/aromatic N) is 2. The van der Waals surface area contributed by atoms with E-state index < -0.39 is 12.7 Å². The summed E-state index contributed by atoms with van der Waals surface area (Å²) in [4.78, 5) is 0. The fourth-order valence-electron chi connectivity index (χ4n) is 2.00. The predicted molar refractivity (Wildman–Crippen MR) is 71.4 cm³/mol. The lowest BCUT2D eigenvalue weighted by Crippen LogP contribution is -2.18. The van der Waals surface area contributed by atoms with Crippen molar-refractivity contribution in [1.29, 1.82) is 0 Å². The highest BCUT2D eigenvalue weighted by Gasteiger charge is 2.28. The zero-order valence-electron chi connectivity index (χ0n) is 11.1. The Morgan fingerprint density at radius 1 is 1.20 bits per heavy atom. The Labute approximate surface area is 115 Å². The van der Waals surface area contributed by atoms with Crippen LogP contribution in [0, 0.1) is 0 Å². The molecule has 2 rings (SSSR count). The van der Waals surface area contributed by atoms with E-state index in [0.29, 0.717) is 5.82 Å². The van der Waals surface area contributed by atoms with E-state index in [0.717, 1.165) is 16.7 Å². The summed E-state index contributed by atoms with van der Waals surface area (Å²) >= 11 is 0. The normalized spacial score (nSPS) is 13.2. The predicted octanol–water partition coefficient (Wildman–Crippen LogP) is 4.01. The third-order valence-electron chi connectivity index (χ3n) is 2.91. The van der Waals surface area contributed by atoms with Crippen molar-refractivity contribution in [3.63, 3.8) is 0 Å². The number of halogens is 3. The molecule has 0 saturated carbocycles. The van der Waals surface area contributed by atoms with Gasteiger partial charge < -0.3 is 5.32 Å². The Balaban J connectivity index is 2.05. The minimum absolute atomic E-state index is 0.0328. The Bertz CT molecular complexity index is 534. The quantitative estimate of drug-likeness (QED) is 0.898. The summed E-state index contributed by atoms with van der Waals surface area (Å²) in [5.41, 5.74) is 1.08. The molecule has 1 aromatic carbocycles. The van der Waals surface area contributed by atoms with Crippen LogP contribution in [0.2, 0.25) is 0 Å². The molecule has 1 N–H and O–H groups in total. The summed E-state index contributed by atoms with van der Waals surface area (Å²) in [5, 5.41) is 7.05. The minimum atomic E-state index is -4.26. The van der Waals surface area contributed by atoms with E-state index in [1.807, 2.05) is 37.3 Å². The van der Waals surface area contributed by atoms with Crippen molar-refractivity contribution < 1.29 is 13.2 Å². The van der Waals surface area contributed by atoms with Gasteiger partial charge in [0.25, 0.3) is 0 Å². The molecule has 108 valence electrons. The van der Waals surface area contributed by atoms with Crippen molar-refractivity contribution in [2.45, 2.75) is 32.1 Å². The van der Waals surface area contributed by atoms with Crippen LogP contribution >= 0.6 is 0 Å². The average molecular weight is 283 g/mol. The molecular weight excluding hydrogens is 267 g/mol. The molecule has 1 unspecified atom stereocenters. The molecule has 0 radical (unpaired) electrons. The van der Waals surface area contributed by atoms with Crippen LogP contribution in [-0.2, 0) is 6.54 Å². The fourth-order valence-corrected chi connectivity index (χ4v) is 2.00. The van der Waals surface area contributed by atoms with Crippen molar-refractivity contribution in [2.75, 3.05) is 5.32 Å². The van der Waals surface area contributed by atoms with Crippen LogP contribution in [-0.4, -0.2) is 16.0 Å². The van der Waals surface area contributed by atoms with Gasteiger partial charge in [0.2, 0.25) is 0 Å². The van der Waals surface area contributed by atoms with Crippen molar-refractivity contribution in [3.8, 4) is 0 Å². The van der Waals surface area contributed by atoms with E-state index in [9.17, 15) is 13.2 Å². The topological polar surface area (TPSA) is 29.9 Å². The van der Waals surface area contributed by atoms with Crippen molar-refractivity contribution in [2.24, 2.45) is 0 Å². The number of anilines is 1. The lowest BCUT2D eigenvalue weighted by atomic mass is 10.1. The van der Waals surface area contributed by atoms with E-state index in [1.54, 1.807) is 6.07 Å². The molecule has 3 nitrogen and oxygen atoms in total. The Morgan fingerprint density at radius 3 is 2.50 bits per heavy atom. The van der Waals surface area contributed by atoms with Gasteiger partial charge >= 0.3 is 6.18 Å². The first-order chi connectivity index (χ1) is 9.48. The number of rotatable bonds is 5. The molecular formula is C14H16F3N3.